The molecule has 38 heavy (non-hydrogen) atoms. The molecule has 0 aliphatic carbocycles. The molecule has 0 unspecified atom stereocenters. The molecule has 0 spiro atoms. The molecular formula is C29H21ClN4O4. The fourth-order valence-electron chi connectivity index (χ4n) is 4.04. The van der Waals surface area contributed by atoms with Gasteiger partial charge in [0.15, 0.2) is 0 Å². The van der Waals surface area contributed by atoms with Crippen molar-refractivity contribution in [2.45, 2.75) is 6.92 Å². The van der Waals surface area contributed by atoms with E-state index in [-0.39, 0.29) is 17.1 Å². The van der Waals surface area contributed by atoms with Gasteiger partial charge in [-0.3, -0.25) is 14.9 Å². The van der Waals surface area contributed by atoms with Gasteiger partial charge in [0.05, 0.1) is 33.6 Å². The van der Waals surface area contributed by atoms with E-state index in [4.69, 9.17) is 21.4 Å². The van der Waals surface area contributed by atoms with Gasteiger partial charge in [-0.05, 0) is 43.3 Å². The number of nitrogens with one attached hydrogen (secondary N) is 1. The average Bonchev–Trinajstić information content (AvgIpc) is 3.28. The van der Waals surface area contributed by atoms with Crippen LogP contribution in [0, 0.1) is 17.0 Å². The van der Waals surface area contributed by atoms with Crippen LogP contribution in [0.4, 0.5) is 11.4 Å². The van der Waals surface area contributed by atoms with Gasteiger partial charge >= 0.3 is 0 Å². The summed E-state index contributed by atoms with van der Waals surface area (Å²) in [6.45, 7) is 1.81. The van der Waals surface area contributed by atoms with Crippen molar-refractivity contribution in [2.75, 3.05) is 5.32 Å². The number of aromatic nitrogens is 2. The van der Waals surface area contributed by atoms with Crippen molar-refractivity contribution in [3.63, 3.8) is 0 Å². The van der Waals surface area contributed by atoms with Crippen LogP contribution in [0.1, 0.15) is 16.1 Å². The van der Waals surface area contributed by atoms with Crippen LogP contribution in [0.5, 0.6) is 11.5 Å². The van der Waals surface area contributed by atoms with Gasteiger partial charge in [-0.15, -0.1) is 0 Å². The number of hydrogen-bond donors (Lipinski definition) is 1. The molecule has 1 amide bonds. The van der Waals surface area contributed by atoms with Gasteiger partial charge < -0.3 is 10.1 Å². The minimum absolute atomic E-state index is 0.191. The zero-order valence-electron chi connectivity index (χ0n) is 20.2. The summed E-state index contributed by atoms with van der Waals surface area (Å²) in [5.74, 6) is 0.178. The third kappa shape index (κ3) is 5.25. The molecule has 5 aromatic rings. The van der Waals surface area contributed by atoms with E-state index in [0.29, 0.717) is 27.7 Å². The van der Waals surface area contributed by atoms with Crippen LogP contribution in [0.2, 0.25) is 5.02 Å². The van der Waals surface area contributed by atoms with E-state index in [0.717, 1.165) is 11.3 Å². The Labute approximate surface area is 223 Å². The normalized spacial score (nSPS) is 10.7. The van der Waals surface area contributed by atoms with E-state index in [1.807, 2.05) is 67.6 Å². The average molecular weight is 525 g/mol. The molecular weight excluding hydrogens is 504 g/mol. The Morgan fingerprint density at radius 2 is 1.58 bits per heavy atom. The molecule has 9 heteroatoms. The summed E-state index contributed by atoms with van der Waals surface area (Å²) in [6.07, 6.45) is 0. The molecule has 0 saturated heterocycles. The van der Waals surface area contributed by atoms with Crippen LogP contribution in [0.3, 0.4) is 0 Å². The molecule has 1 N–H and O–H groups in total. The minimum atomic E-state index is -0.543. The fraction of sp³-hybridized carbons (Fsp3) is 0.0345. The summed E-state index contributed by atoms with van der Waals surface area (Å²) in [4.78, 5) is 24.7. The first-order valence-corrected chi connectivity index (χ1v) is 12.0. The Balaban J connectivity index is 1.54. The van der Waals surface area contributed by atoms with Crippen LogP contribution in [0.15, 0.2) is 103 Å². The zero-order chi connectivity index (χ0) is 26.6. The number of halogens is 1. The summed E-state index contributed by atoms with van der Waals surface area (Å²) in [7, 11) is 0. The Morgan fingerprint density at radius 3 is 2.24 bits per heavy atom. The molecule has 0 atom stereocenters. The standard InChI is InChI=1S/C29H21ClN4O4/c1-19-27(28(20-8-4-2-5-9-20)32-33(19)23-10-6-3-7-11-23)29(35)31-22-16-24(34(36)37)18-26(17-22)38-25-14-12-21(30)13-15-25/h2-18H,1H3,(H,31,35). The lowest BCUT2D eigenvalue weighted by molar-refractivity contribution is -0.384. The number of ether oxygens (including phenoxy) is 1. The first-order valence-electron chi connectivity index (χ1n) is 11.6. The third-order valence-electron chi connectivity index (χ3n) is 5.80. The monoisotopic (exact) mass is 524 g/mol. The van der Waals surface area contributed by atoms with Crippen molar-refractivity contribution in [2.24, 2.45) is 0 Å². The lowest BCUT2D eigenvalue weighted by Gasteiger charge is -2.10. The Bertz CT molecular complexity index is 1620. The fourth-order valence-corrected chi connectivity index (χ4v) is 4.17. The van der Waals surface area contributed by atoms with E-state index in [1.165, 1.54) is 18.2 Å². The number of benzene rings is 4. The second kappa shape index (κ2) is 10.6. The summed E-state index contributed by atoms with van der Waals surface area (Å²) in [5.41, 5.74) is 3.01. The highest BCUT2D eigenvalue weighted by Gasteiger charge is 2.24. The van der Waals surface area contributed by atoms with Crippen molar-refractivity contribution in [1.82, 2.24) is 9.78 Å². The second-order valence-electron chi connectivity index (χ2n) is 8.41. The zero-order valence-corrected chi connectivity index (χ0v) is 20.9. The number of non-ortho nitro benzene ring substituents is 1. The van der Waals surface area contributed by atoms with E-state index in [1.54, 1.807) is 28.9 Å². The van der Waals surface area contributed by atoms with Crippen molar-refractivity contribution >= 4 is 28.9 Å². The molecule has 0 fully saturated rings. The molecule has 0 radical (unpaired) electrons. The van der Waals surface area contributed by atoms with E-state index in [9.17, 15) is 14.9 Å². The van der Waals surface area contributed by atoms with Gasteiger partial charge in [0.25, 0.3) is 11.6 Å². The van der Waals surface area contributed by atoms with Gasteiger partial charge in [0, 0.05) is 22.7 Å². The highest BCUT2D eigenvalue weighted by molar-refractivity contribution is 6.30. The summed E-state index contributed by atoms with van der Waals surface area (Å²) < 4.78 is 7.51. The Kier molecular flexibility index (Phi) is 6.88. The molecule has 8 nitrogen and oxygen atoms in total. The molecule has 1 heterocycles. The molecule has 0 bridgehead atoms. The molecule has 0 aliphatic heterocycles. The van der Waals surface area contributed by atoms with Crippen LogP contribution in [0.25, 0.3) is 16.9 Å². The number of para-hydroxylation sites is 1. The van der Waals surface area contributed by atoms with Crippen molar-refractivity contribution < 1.29 is 14.5 Å². The quantitative estimate of drug-likeness (QED) is 0.176. The lowest BCUT2D eigenvalue weighted by atomic mass is 10.1. The van der Waals surface area contributed by atoms with Crippen molar-refractivity contribution in [3.05, 3.63) is 130 Å². The lowest BCUT2D eigenvalue weighted by Crippen LogP contribution is -2.14. The maximum absolute atomic E-state index is 13.7. The predicted molar refractivity (Wildman–Crippen MR) is 146 cm³/mol. The number of rotatable bonds is 7. The molecule has 0 aliphatic rings. The number of nitrogens with zero attached hydrogens (tertiary/aromatic N) is 3. The Hall–Kier alpha value is -4.95. The highest BCUT2D eigenvalue weighted by Crippen LogP contribution is 2.32. The highest BCUT2D eigenvalue weighted by atomic mass is 35.5. The first kappa shape index (κ1) is 24.7. The van der Waals surface area contributed by atoms with Crippen LogP contribution in [-0.4, -0.2) is 20.6 Å². The van der Waals surface area contributed by atoms with E-state index in [2.05, 4.69) is 5.32 Å². The topological polar surface area (TPSA) is 99.3 Å². The number of nitro groups is 1. The van der Waals surface area contributed by atoms with Crippen molar-refractivity contribution in [3.8, 4) is 28.4 Å². The molecule has 1 aromatic heterocycles. The van der Waals surface area contributed by atoms with E-state index < -0.39 is 10.8 Å². The Morgan fingerprint density at radius 1 is 0.921 bits per heavy atom. The largest absolute Gasteiger partial charge is 0.457 e. The van der Waals surface area contributed by atoms with Crippen LogP contribution >= 0.6 is 11.6 Å². The SMILES string of the molecule is Cc1c(C(=O)Nc2cc(Oc3ccc(Cl)cc3)cc([N+](=O)[O-])c2)c(-c2ccccc2)nn1-c1ccccc1. The summed E-state index contributed by atoms with van der Waals surface area (Å²) in [5, 5.41) is 19.7. The van der Waals surface area contributed by atoms with Crippen LogP contribution < -0.4 is 10.1 Å². The number of nitro benzene ring substituents is 1. The van der Waals surface area contributed by atoms with Crippen molar-refractivity contribution in [1.29, 1.82) is 0 Å². The first-order chi connectivity index (χ1) is 18.4. The number of anilines is 1. The molecule has 5 rings (SSSR count). The third-order valence-corrected chi connectivity index (χ3v) is 6.05. The summed E-state index contributed by atoms with van der Waals surface area (Å²) in [6, 6.07) is 29.5. The number of carbonyl (C=O) groups excluding carboxylic acids is 1. The van der Waals surface area contributed by atoms with Gasteiger partial charge in [0.2, 0.25) is 0 Å². The molecule has 0 saturated carbocycles. The summed E-state index contributed by atoms with van der Waals surface area (Å²) >= 11 is 5.93. The van der Waals surface area contributed by atoms with Gasteiger partial charge in [0.1, 0.15) is 17.2 Å². The maximum atomic E-state index is 13.7. The van der Waals surface area contributed by atoms with Crippen LogP contribution in [-0.2, 0) is 0 Å². The van der Waals surface area contributed by atoms with Gasteiger partial charge in [-0.2, -0.15) is 5.10 Å². The second-order valence-corrected chi connectivity index (χ2v) is 8.84. The molecule has 188 valence electrons. The number of hydrogen-bond acceptors (Lipinski definition) is 5. The minimum Gasteiger partial charge on any atom is -0.457 e. The van der Waals surface area contributed by atoms with Gasteiger partial charge in [-0.25, -0.2) is 4.68 Å². The maximum Gasteiger partial charge on any atom is 0.275 e. The van der Waals surface area contributed by atoms with E-state index >= 15 is 0 Å². The predicted octanol–water partition coefficient (Wildman–Crippen LogP) is 7.45. The smallest absolute Gasteiger partial charge is 0.275 e. The number of carbonyl (C=O) groups is 1. The number of amides is 1. The van der Waals surface area contributed by atoms with Gasteiger partial charge in [-0.1, -0.05) is 60.1 Å². The molecule has 4 aromatic carbocycles.